The fraction of sp³-hybridized carbons (Fsp3) is 0.625. The number of aliphatic hydroxyl groups excluding tert-OH is 1. The van der Waals surface area contributed by atoms with E-state index in [9.17, 15) is 9.50 Å². The predicted molar refractivity (Wildman–Crippen MR) is 82.0 cm³/mol. The Morgan fingerprint density at radius 3 is 3.00 bits per heavy atom. The summed E-state index contributed by atoms with van der Waals surface area (Å²) in [5.41, 5.74) is 1.59. The third-order valence-electron chi connectivity index (χ3n) is 3.84. The monoisotopic (exact) mass is 296 g/mol. The minimum absolute atomic E-state index is 0.0120. The van der Waals surface area contributed by atoms with Gasteiger partial charge in [-0.25, -0.2) is 4.39 Å². The minimum Gasteiger partial charge on any atom is -0.394 e. The van der Waals surface area contributed by atoms with Gasteiger partial charge in [0.15, 0.2) is 0 Å². The van der Waals surface area contributed by atoms with Gasteiger partial charge >= 0.3 is 0 Å². The largest absolute Gasteiger partial charge is 0.394 e. The van der Waals surface area contributed by atoms with Crippen molar-refractivity contribution in [2.75, 3.05) is 31.2 Å². The highest BCUT2D eigenvalue weighted by Gasteiger charge is 2.27. The Hall–Kier alpha value is -1.17. The van der Waals surface area contributed by atoms with Crippen LogP contribution in [0.3, 0.4) is 0 Å². The highest BCUT2D eigenvalue weighted by atomic mass is 19.1. The predicted octanol–water partition coefficient (Wildman–Crippen LogP) is 1.91. The molecule has 0 radical (unpaired) electrons. The molecule has 1 aromatic rings. The van der Waals surface area contributed by atoms with E-state index in [4.69, 9.17) is 4.74 Å². The van der Waals surface area contributed by atoms with E-state index in [1.165, 1.54) is 6.07 Å². The van der Waals surface area contributed by atoms with Crippen molar-refractivity contribution in [3.63, 3.8) is 0 Å². The van der Waals surface area contributed by atoms with Gasteiger partial charge in [-0.2, -0.15) is 0 Å². The first-order chi connectivity index (χ1) is 10.2. The van der Waals surface area contributed by atoms with Crippen LogP contribution in [0.25, 0.3) is 0 Å². The summed E-state index contributed by atoms with van der Waals surface area (Å²) in [6.07, 6.45) is 0.811. The van der Waals surface area contributed by atoms with Crippen molar-refractivity contribution >= 4 is 5.69 Å². The molecule has 0 spiro atoms. The van der Waals surface area contributed by atoms with Gasteiger partial charge in [-0.05, 0) is 32.0 Å². The Morgan fingerprint density at radius 1 is 1.48 bits per heavy atom. The molecule has 4 nitrogen and oxygen atoms in total. The molecule has 1 heterocycles. The lowest BCUT2D eigenvalue weighted by molar-refractivity contribution is -0.0104. The van der Waals surface area contributed by atoms with Crippen LogP contribution < -0.4 is 10.2 Å². The maximum absolute atomic E-state index is 14.2. The van der Waals surface area contributed by atoms with Crippen LogP contribution in [-0.4, -0.2) is 43.6 Å². The molecule has 1 fully saturated rings. The molecule has 2 unspecified atom stereocenters. The molecule has 2 atom stereocenters. The summed E-state index contributed by atoms with van der Waals surface area (Å²) in [6.45, 7) is 6.65. The zero-order valence-corrected chi connectivity index (χ0v) is 12.8. The number of hydrogen-bond acceptors (Lipinski definition) is 4. The molecular formula is C16H25FN2O2. The molecule has 1 aliphatic rings. The van der Waals surface area contributed by atoms with Crippen molar-refractivity contribution in [1.82, 2.24) is 5.32 Å². The Balaban J connectivity index is 2.22. The van der Waals surface area contributed by atoms with Crippen LogP contribution in [0.15, 0.2) is 18.2 Å². The fourth-order valence-electron chi connectivity index (χ4n) is 2.65. The Labute approximate surface area is 125 Å². The SMILES string of the molecule is CCCNCc1c(F)cccc1N1CC(CO)OCC1C. The second kappa shape index (κ2) is 7.73. The molecule has 21 heavy (non-hydrogen) atoms. The summed E-state index contributed by atoms with van der Waals surface area (Å²) in [6, 6.07) is 5.35. The van der Waals surface area contributed by atoms with E-state index >= 15 is 0 Å². The van der Waals surface area contributed by atoms with E-state index in [0.29, 0.717) is 25.3 Å². The van der Waals surface area contributed by atoms with Crippen LogP contribution in [-0.2, 0) is 11.3 Å². The first kappa shape index (κ1) is 16.2. The summed E-state index contributed by atoms with van der Waals surface area (Å²) in [5, 5.41) is 12.6. The molecule has 0 bridgehead atoms. The summed E-state index contributed by atoms with van der Waals surface area (Å²) in [5.74, 6) is -0.185. The molecule has 5 heteroatoms. The lowest BCUT2D eigenvalue weighted by Crippen LogP contribution is -2.50. The van der Waals surface area contributed by atoms with Crippen molar-refractivity contribution in [3.05, 3.63) is 29.6 Å². The minimum atomic E-state index is -0.207. The van der Waals surface area contributed by atoms with Crippen LogP contribution in [0.5, 0.6) is 0 Å². The highest BCUT2D eigenvalue weighted by molar-refractivity contribution is 5.55. The van der Waals surface area contributed by atoms with E-state index in [-0.39, 0.29) is 24.6 Å². The average molecular weight is 296 g/mol. The van der Waals surface area contributed by atoms with Crippen LogP contribution in [0.4, 0.5) is 10.1 Å². The summed E-state index contributed by atoms with van der Waals surface area (Å²) < 4.78 is 19.7. The van der Waals surface area contributed by atoms with Gasteiger partial charge in [0, 0.05) is 30.4 Å². The summed E-state index contributed by atoms with van der Waals surface area (Å²) in [4.78, 5) is 2.14. The number of halogens is 1. The van der Waals surface area contributed by atoms with Crippen LogP contribution in [0.1, 0.15) is 25.8 Å². The number of benzene rings is 1. The smallest absolute Gasteiger partial charge is 0.129 e. The first-order valence-electron chi connectivity index (χ1n) is 7.64. The third-order valence-corrected chi connectivity index (χ3v) is 3.84. The van der Waals surface area contributed by atoms with E-state index in [1.54, 1.807) is 6.07 Å². The summed E-state index contributed by atoms with van der Waals surface area (Å²) >= 11 is 0. The van der Waals surface area contributed by atoms with Gasteiger partial charge in [0.1, 0.15) is 5.82 Å². The maximum Gasteiger partial charge on any atom is 0.129 e. The quantitative estimate of drug-likeness (QED) is 0.787. The fourth-order valence-corrected chi connectivity index (χ4v) is 2.65. The van der Waals surface area contributed by atoms with Gasteiger partial charge in [-0.15, -0.1) is 0 Å². The number of hydrogen-bond donors (Lipinski definition) is 2. The number of aliphatic hydroxyl groups is 1. The van der Waals surface area contributed by atoms with Gasteiger partial charge in [-0.3, -0.25) is 0 Å². The van der Waals surface area contributed by atoms with Gasteiger partial charge in [0.25, 0.3) is 0 Å². The molecule has 1 aliphatic heterocycles. The number of rotatable bonds is 6. The molecule has 1 saturated heterocycles. The topological polar surface area (TPSA) is 44.7 Å². The lowest BCUT2D eigenvalue weighted by Gasteiger charge is -2.40. The van der Waals surface area contributed by atoms with E-state index in [1.807, 2.05) is 6.07 Å². The molecule has 0 amide bonds. The zero-order chi connectivity index (χ0) is 15.2. The standard InChI is InChI=1S/C16H25FN2O2/c1-3-7-18-8-14-15(17)5-4-6-16(14)19-9-13(10-20)21-11-12(19)2/h4-6,12-13,18,20H,3,7-11H2,1-2H3. The van der Waals surface area contributed by atoms with Crippen molar-refractivity contribution in [2.45, 2.75) is 39.0 Å². The normalized spacial score (nSPS) is 22.6. The molecule has 1 aromatic carbocycles. The number of morpholine rings is 1. The lowest BCUT2D eigenvalue weighted by atomic mass is 10.1. The van der Waals surface area contributed by atoms with Crippen molar-refractivity contribution < 1.29 is 14.2 Å². The third kappa shape index (κ3) is 3.93. The van der Waals surface area contributed by atoms with E-state index in [0.717, 1.165) is 18.7 Å². The first-order valence-corrected chi connectivity index (χ1v) is 7.64. The molecular weight excluding hydrogens is 271 g/mol. The van der Waals surface area contributed by atoms with Gasteiger partial charge in [0.2, 0.25) is 0 Å². The van der Waals surface area contributed by atoms with Gasteiger partial charge in [-0.1, -0.05) is 13.0 Å². The van der Waals surface area contributed by atoms with Gasteiger partial charge in [0.05, 0.1) is 19.3 Å². The molecule has 0 aromatic heterocycles. The maximum atomic E-state index is 14.2. The second-order valence-corrected chi connectivity index (χ2v) is 5.55. The molecule has 2 N–H and O–H groups in total. The van der Waals surface area contributed by atoms with E-state index in [2.05, 4.69) is 24.1 Å². The molecule has 2 rings (SSSR count). The second-order valence-electron chi connectivity index (χ2n) is 5.55. The number of anilines is 1. The number of nitrogens with one attached hydrogen (secondary N) is 1. The highest BCUT2D eigenvalue weighted by Crippen LogP contribution is 2.27. The number of nitrogens with zero attached hydrogens (tertiary/aromatic N) is 1. The Bertz CT molecular complexity index is 456. The zero-order valence-electron chi connectivity index (χ0n) is 12.8. The average Bonchev–Trinajstić information content (AvgIpc) is 2.50. The summed E-state index contributed by atoms with van der Waals surface area (Å²) in [7, 11) is 0. The van der Waals surface area contributed by atoms with Crippen LogP contribution in [0, 0.1) is 5.82 Å². The number of ether oxygens (including phenoxy) is 1. The molecule has 118 valence electrons. The molecule has 0 saturated carbocycles. The van der Waals surface area contributed by atoms with E-state index < -0.39 is 0 Å². The van der Waals surface area contributed by atoms with Gasteiger partial charge < -0.3 is 20.1 Å². The Morgan fingerprint density at radius 2 is 2.29 bits per heavy atom. The molecule has 0 aliphatic carbocycles. The van der Waals surface area contributed by atoms with Crippen molar-refractivity contribution in [1.29, 1.82) is 0 Å². The van der Waals surface area contributed by atoms with Crippen molar-refractivity contribution in [2.24, 2.45) is 0 Å². The van der Waals surface area contributed by atoms with Crippen molar-refractivity contribution in [3.8, 4) is 0 Å². The van der Waals surface area contributed by atoms with Crippen LogP contribution >= 0.6 is 0 Å². The van der Waals surface area contributed by atoms with Crippen LogP contribution in [0.2, 0.25) is 0 Å². The Kier molecular flexibility index (Phi) is 5.96.